The van der Waals surface area contributed by atoms with Gasteiger partial charge < -0.3 is 14.1 Å². The Morgan fingerprint density at radius 2 is 1.67 bits per heavy atom. The van der Waals surface area contributed by atoms with E-state index in [9.17, 15) is 0 Å². The molecule has 3 aromatic rings. The number of aromatic nitrogens is 1. The van der Waals surface area contributed by atoms with E-state index in [1.165, 1.54) is 5.69 Å². The second-order valence-corrected chi connectivity index (χ2v) is 6.82. The van der Waals surface area contributed by atoms with Crippen molar-refractivity contribution in [3.8, 4) is 17.2 Å². The molecule has 0 saturated carbocycles. The lowest BCUT2D eigenvalue weighted by atomic mass is 10.2. The predicted molar refractivity (Wildman–Crippen MR) is 107 cm³/mol. The van der Waals surface area contributed by atoms with Crippen LogP contribution in [-0.2, 0) is 6.54 Å². The van der Waals surface area contributed by atoms with Gasteiger partial charge in [0.15, 0.2) is 0 Å². The molecule has 5 heteroatoms. The van der Waals surface area contributed by atoms with Crippen LogP contribution in [0.2, 0.25) is 0 Å². The summed E-state index contributed by atoms with van der Waals surface area (Å²) in [7, 11) is 1.73. The lowest BCUT2D eigenvalue weighted by molar-refractivity contribution is 0.245. The van der Waals surface area contributed by atoms with Gasteiger partial charge in [0, 0.05) is 38.3 Å². The molecule has 5 nitrogen and oxygen atoms in total. The van der Waals surface area contributed by atoms with Crippen molar-refractivity contribution in [3.05, 3.63) is 66.1 Å². The number of hydrogen-bond acceptors (Lipinski definition) is 5. The van der Waals surface area contributed by atoms with Crippen LogP contribution in [0.1, 0.15) is 11.5 Å². The monoisotopic (exact) mass is 363 g/mol. The van der Waals surface area contributed by atoms with E-state index in [0.29, 0.717) is 5.89 Å². The lowest BCUT2D eigenvalue weighted by Crippen LogP contribution is -2.46. The van der Waals surface area contributed by atoms with Gasteiger partial charge in [-0.2, -0.15) is 0 Å². The Labute approximate surface area is 160 Å². The molecule has 0 unspecified atom stereocenters. The van der Waals surface area contributed by atoms with E-state index in [2.05, 4.69) is 21.9 Å². The maximum absolute atomic E-state index is 5.90. The Morgan fingerprint density at radius 1 is 0.963 bits per heavy atom. The molecule has 0 aliphatic carbocycles. The fourth-order valence-electron chi connectivity index (χ4n) is 3.53. The minimum atomic E-state index is 0.704. The summed E-state index contributed by atoms with van der Waals surface area (Å²) in [4.78, 5) is 9.56. The fourth-order valence-corrected chi connectivity index (χ4v) is 3.53. The van der Waals surface area contributed by atoms with E-state index in [-0.39, 0.29) is 0 Å². The number of anilines is 1. The van der Waals surface area contributed by atoms with Crippen LogP contribution >= 0.6 is 0 Å². The van der Waals surface area contributed by atoms with Gasteiger partial charge in [-0.1, -0.05) is 30.3 Å². The molecule has 0 radical (unpaired) electrons. The Bertz CT molecular complexity index is 884. The first-order valence-corrected chi connectivity index (χ1v) is 9.36. The minimum absolute atomic E-state index is 0.704. The van der Waals surface area contributed by atoms with Crippen LogP contribution in [0.4, 0.5) is 5.69 Å². The Balaban J connectivity index is 1.40. The van der Waals surface area contributed by atoms with Gasteiger partial charge in [-0.05, 0) is 31.2 Å². The molecular weight excluding hydrogens is 338 g/mol. The third-order valence-electron chi connectivity index (χ3n) is 5.08. The maximum Gasteiger partial charge on any atom is 0.226 e. The lowest BCUT2D eigenvalue weighted by Gasteiger charge is -2.36. The Morgan fingerprint density at radius 3 is 2.41 bits per heavy atom. The molecule has 0 amide bonds. The average Bonchev–Trinajstić information content (AvgIpc) is 3.09. The maximum atomic E-state index is 5.90. The summed E-state index contributed by atoms with van der Waals surface area (Å²) in [6, 6.07) is 18.3. The summed E-state index contributed by atoms with van der Waals surface area (Å²) in [6.45, 7) is 6.75. The van der Waals surface area contributed by atoms with Gasteiger partial charge in [-0.3, -0.25) is 4.90 Å². The van der Waals surface area contributed by atoms with Crippen molar-refractivity contribution in [3.63, 3.8) is 0 Å². The second-order valence-electron chi connectivity index (χ2n) is 6.82. The molecule has 0 spiro atoms. The second kappa shape index (κ2) is 7.84. The molecule has 1 aliphatic rings. The highest BCUT2D eigenvalue weighted by molar-refractivity contribution is 5.58. The van der Waals surface area contributed by atoms with Gasteiger partial charge in [-0.15, -0.1) is 0 Å². The van der Waals surface area contributed by atoms with Crippen molar-refractivity contribution in [1.29, 1.82) is 0 Å². The number of oxazole rings is 1. The number of hydrogen-bond donors (Lipinski definition) is 0. The molecule has 27 heavy (non-hydrogen) atoms. The van der Waals surface area contributed by atoms with E-state index in [1.54, 1.807) is 7.11 Å². The Kier molecular flexibility index (Phi) is 5.12. The quantitative estimate of drug-likeness (QED) is 0.686. The molecule has 4 rings (SSSR count). The standard InChI is InChI=1S/C22H25N3O2/c1-17-19(23-22(27-17)18-8-4-3-5-9-18)16-24-12-14-25(15-13-24)20-10-6-7-11-21(20)26-2/h3-11H,12-16H2,1-2H3. The van der Waals surface area contributed by atoms with Crippen molar-refractivity contribution >= 4 is 5.69 Å². The van der Waals surface area contributed by atoms with Gasteiger partial charge in [0.25, 0.3) is 0 Å². The van der Waals surface area contributed by atoms with Crippen molar-refractivity contribution in [2.45, 2.75) is 13.5 Å². The zero-order valence-corrected chi connectivity index (χ0v) is 15.9. The smallest absolute Gasteiger partial charge is 0.226 e. The Hall–Kier alpha value is -2.79. The third kappa shape index (κ3) is 3.83. The normalized spacial score (nSPS) is 15.1. The van der Waals surface area contributed by atoms with Crippen molar-refractivity contribution < 1.29 is 9.15 Å². The van der Waals surface area contributed by atoms with E-state index in [1.807, 2.05) is 49.4 Å². The van der Waals surface area contributed by atoms with Crippen LogP contribution in [0.25, 0.3) is 11.5 Å². The average molecular weight is 363 g/mol. The number of ether oxygens (including phenoxy) is 1. The van der Waals surface area contributed by atoms with Crippen molar-refractivity contribution in [2.75, 3.05) is 38.2 Å². The summed E-state index contributed by atoms with van der Waals surface area (Å²) >= 11 is 0. The van der Waals surface area contributed by atoms with Gasteiger partial charge in [0.2, 0.25) is 5.89 Å². The van der Waals surface area contributed by atoms with Gasteiger partial charge in [0.1, 0.15) is 11.5 Å². The van der Waals surface area contributed by atoms with Crippen molar-refractivity contribution in [2.24, 2.45) is 0 Å². The van der Waals surface area contributed by atoms with Crippen LogP contribution in [0.3, 0.4) is 0 Å². The largest absolute Gasteiger partial charge is 0.495 e. The molecule has 140 valence electrons. The van der Waals surface area contributed by atoms with Crippen LogP contribution < -0.4 is 9.64 Å². The molecular formula is C22H25N3O2. The van der Waals surface area contributed by atoms with E-state index in [4.69, 9.17) is 14.1 Å². The summed E-state index contributed by atoms with van der Waals surface area (Å²) < 4.78 is 11.4. The summed E-state index contributed by atoms with van der Waals surface area (Å²) in [5.41, 5.74) is 3.22. The van der Waals surface area contributed by atoms with Crippen LogP contribution in [-0.4, -0.2) is 43.2 Å². The molecule has 1 saturated heterocycles. The van der Waals surface area contributed by atoms with E-state index in [0.717, 1.165) is 55.5 Å². The number of para-hydroxylation sites is 2. The minimum Gasteiger partial charge on any atom is -0.495 e. The topological polar surface area (TPSA) is 41.7 Å². The molecule has 2 heterocycles. The van der Waals surface area contributed by atoms with Crippen molar-refractivity contribution in [1.82, 2.24) is 9.88 Å². The zero-order chi connectivity index (χ0) is 18.6. The molecule has 0 bridgehead atoms. The summed E-state index contributed by atoms with van der Waals surface area (Å²) in [5, 5.41) is 0. The molecule has 0 atom stereocenters. The van der Waals surface area contributed by atoms with E-state index < -0.39 is 0 Å². The van der Waals surface area contributed by atoms with E-state index >= 15 is 0 Å². The van der Waals surface area contributed by atoms with Gasteiger partial charge >= 0.3 is 0 Å². The fraction of sp³-hybridized carbons (Fsp3) is 0.318. The highest BCUT2D eigenvalue weighted by Gasteiger charge is 2.21. The highest BCUT2D eigenvalue weighted by Crippen LogP contribution is 2.29. The summed E-state index contributed by atoms with van der Waals surface area (Å²) in [5.74, 6) is 2.54. The van der Waals surface area contributed by atoms with Gasteiger partial charge in [0.05, 0.1) is 18.5 Å². The number of nitrogens with zero attached hydrogens (tertiary/aromatic N) is 3. The zero-order valence-electron chi connectivity index (χ0n) is 15.9. The molecule has 1 aromatic heterocycles. The third-order valence-corrected chi connectivity index (χ3v) is 5.08. The van der Waals surface area contributed by atoms with Crippen LogP contribution in [0, 0.1) is 6.92 Å². The molecule has 2 aromatic carbocycles. The predicted octanol–water partition coefficient (Wildman–Crippen LogP) is 3.98. The molecule has 0 N–H and O–H groups in total. The number of aryl methyl sites for hydroxylation is 1. The van der Waals surface area contributed by atoms with Crippen LogP contribution in [0.15, 0.2) is 59.0 Å². The summed E-state index contributed by atoms with van der Waals surface area (Å²) in [6.07, 6.45) is 0. The van der Waals surface area contributed by atoms with Crippen LogP contribution in [0.5, 0.6) is 5.75 Å². The first-order valence-electron chi connectivity index (χ1n) is 9.36. The number of methoxy groups -OCH3 is 1. The SMILES string of the molecule is COc1ccccc1N1CCN(Cc2nc(-c3ccccc3)oc2C)CC1. The number of piperazine rings is 1. The number of rotatable bonds is 5. The first kappa shape index (κ1) is 17.6. The highest BCUT2D eigenvalue weighted by atomic mass is 16.5. The molecule has 1 fully saturated rings. The number of benzene rings is 2. The van der Waals surface area contributed by atoms with Gasteiger partial charge in [-0.25, -0.2) is 4.98 Å². The molecule has 1 aliphatic heterocycles. The first-order chi connectivity index (χ1) is 13.2.